The smallest absolute Gasteiger partial charge is 0.0697 e. The maximum Gasteiger partial charge on any atom is 0.0697 e. The second kappa shape index (κ2) is 6.76. The van der Waals surface area contributed by atoms with Gasteiger partial charge in [0.1, 0.15) is 0 Å². The van der Waals surface area contributed by atoms with Gasteiger partial charge in [-0.05, 0) is 64.0 Å². The predicted molar refractivity (Wildman–Crippen MR) is 82.8 cm³/mol. The SMILES string of the molecule is NCCC1CCCN(C2CCOC3(CCCCC3)C2)C1. The van der Waals surface area contributed by atoms with E-state index < -0.39 is 0 Å². The van der Waals surface area contributed by atoms with Gasteiger partial charge in [0, 0.05) is 19.2 Å². The van der Waals surface area contributed by atoms with Gasteiger partial charge in [0.25, 0.3) is 0 Å². The van der Waals surface area contributed by atoms with Gasteiger partial charge < -0.3 is 10.5 Å². The fraction of sp³-hybridized carbons (Fsp3) is 1.00. The van der Waals surface area contributed by atoms with Crippen LogP contribution in [-0.2, 0) is 4.74 Å². The fourth-order valence-electron chi connectivity index (χ4n) is 4.76. The Labute approximate surface area is 124 Å². The Morgan fingerprint density at radius 3 is 2.75 bits per heavy atom. The monoisotopic (exact) mass is 280 g/mol. The maximum absolute atomic E-state index is 6.26. The van der Waals surface area contributed by atoms with Crippen molar-refractivity contribution in [2.75, 3.05) is 26.2 Å². The molecule has 1 spiro atoms. The molecular formula is C17H32N2O. The van der Waals surface area contributed by atoms with E-state index in [1.807, 2.05) is 0 Å². The van der Waals surface area contributed by atoms with Gasteiger partial charge in [-0.2, -0.15) is 0 Å². The molecule has 0 amide bonds. The third-order valence-electron chi connectivity index (χ3n) is 5.87. The molecule has 2 aliphatic heterocycles. The van der Waals surface area contributed by atoms with E-state index in [2.05, 4.69) is 4.90 Å². The number of piperidine rings is 1. The molecule has 0 aromatic rings. The minimum atomic E-state index is 0.252. The van der Waals surface area contributed by atoms with Crippen LogP contribution in [0.5, 0.6) is 0 Å². The standard InChI is InChI=1S/C17H32N2O/c18-10-6-15-5-4-11-19(14-15)16-7-12-20-17(13-16)8-2-1-3-9-17/h15-16H,1-14,18H2. The molecule has 3 nitrogen and oxygen atoms in total. The van der Waals surface area contributed by atoms with Crippen LogP contribution in [0.15, 0.2) is 0 Å². The van der Waals surface area contributed by atoms with Gasteiger partial charge in [0.2, 0.25) is 0 Å². The molecule has 3 aliphatic rings. The Hall–Kier alpha value is -0.120. The van der Waals surface area contributed by atoms with Crippen LogP contribution in [0, 0.1) is 5.92 Å². The van der Waals surface area contributed by atoms with Crippen LogP contribution in [-0.4, -0.2) is 42.8 Å². The number of ether oxygens (including phenoxy) is 1. The first-order valence-electron chi connectivity index (χ1n) is 8.89. The highest BCUT2D eigenvalue weighted by atomic mass is 16.5. The second-order valence-corrected chi connectivity index (χ2v) is 7.32. The van der Waals surface area contributed by atoms with Crippen molar-refractivity contribution < 1.29 is 4.74 Å². The van der Waals surface area contributed by atoms with E-state index in [-0.39, 0.29) is 5.60 Å². The van der Waals surface area contributed by atoms with E-state index in [9.17, 15) is 0 Å². The number of nitrogens with zero attached hydrogens (tertiary/aromatic N) is 1. The summed E-state index contributed by atoms with van der Waals surface area (Å²) in [6.07, 6.45) is 13.3. The summed E-state index contributed by atoms with van der Waals surface area (Å²) in [5, 5.41) is 0. The first kappa shape index (κ1) is 14.8. The summed E-state index contributed by atoms with van der Waals surface area (Å²) in [5.74, 6) is 0.846. The normalized spacial score (nSPS) is 35.2. The topological polar surface area (TPSA) is 38.5 Å². The van der Waals surface area contributed by atoms with E-state index in [1.54, 1.807) is 0 Å². The van der Waals surface area contributed by atoms with Crippen molar-refractivity contribution in [1.82, 2.24) is 4.90 Å². The van der Waals surface area contributed by atoms with E-state index >= 15 is 0 Å². The average molecular weight is 280 g/mol. The summed E-state index contributed by atoms with van der Waals surface area (Å²) in [6.45, 7) is 4.44. The summed E-state index contributed by atoms with van der Waals surface area (Å²) in [4.78, 5) is 2.78. The molecule has 0 bridgehead atoms. The summed E-state index contributed by atoms with van der Waals surface area (Å²) in [7, 11) is 0. The molecule has 3 rings (SSSR count). The third kappa shape index (κ3) is 3.37. The van der Waals surface area contributed by atoms with Crippen molar-refractivity contribution in [3.63, 3.8) is 0 Å². The van der Waals surface area contributed by atoms with Crippen molar-refractivity contribution in [2.45, 2.75) is 75.9 Å². The van der Waals surface area contributed by atoms with Crippen LogP contribution >= 0.6 is 0 Å². The van der Waals surface area contributed by atoms with Crippen LogP contribution in [0.1, 0.15) is 64.2 Å². The number of hydrogen-bond donors (Lipinski definition) is 1. The van der Waals surface area contributed by atoms with Crippen molar-refractivity contribution in [1.29, 1.82) is 0 Å². The lowest BCUT2D eigenvalue weighted by Gasteiger charge is -2.48. The molecule has 2 saturated heterocycles. The van der Waals surface area contributed by atoms with Gasteiger partial charge in [0.15, 0.2) is 0 Å². The highest BCUT2D eigenvalue weighted by Crippen LogP contribution is 2.40. The molecule has 2 heterocycles. The number of likely N-dealkylation sites (tertiary alicyclic amines) is 1. The highest BCUT2D eigenvalue weighted by Gasteiger charge is 2.40. The summed E-state index contributed by atoms with van der Waals surface area (Å²) in [6, 6.07) is 0.780. The Morgan fingerprint density at radius 2 is 1.95 bits per heavy atom. The molecule has 116 valence electrons. The Morgan fingerprint density at radius 1 is 1.10 bits per heavy atom. The van der Waals surface area contributed by atoms with Gasteiger partial charge in [0.05, 0.1) is 5.60 Å². The van der Waals surface area contributed by atoms with Crippen LogP contribution in [0.3, 0.4) is 0 Å². The molecule has 1 saturated carbocycles. The predicted octanol–water partition coefficient (Wildman–Crippen LogP) is 2.93. The van der Waals surface area contributed by atoms with E-state index in [1.165, 1.54) is 77.3 Å². The zero-order chi connectivity index (χ0) is 13.8. The summed E-state index contributed by atoms with van der Waals surface area (Å²) in [5.41, 5.74) is 6.01. The van der Waals surface area contributed by atoms with Crippen molar-refractivity contribution in [2.24, 2.45) is 11.7 Å². The van der Waals surface area contributed by atoms with Gasteiger partial charge in [-0.15, -0.1) is 0 Å². The first-order chi connectivity index (χ1) is 9.81. The van der Waals surface area contributed by atoms with Gasteiger partial charge in [-0.3, -0.25) is 4.90 Å². The molecule has 3 heteroatoms. The molecule has 20 heavy (non-hydrogen) atoms. The van der Waals surface area contributed by atoms with Crippen molar-refractivity contribution >= 4 is 0 Å². The van der Waals surface area contributed by atoms with E-state index in [0.29, 0.717) is 0 Å². The minimum Gasteiger partial charge on any atom is -0.375 e. The number of nitrogens with two attached hydrogens (primary N) is 1. The highest BCUT2D eigenvalue weighted by molar-refractivity contribution is 4.94. The molecule has 1 aliphatic carbocycles. The largest absolute Gasteiger partial charge is 0.375 e. The average Bonchev–Trinajstić information content (AvgIpc) is 2.49. The van der Waals surface area contributed by atoms with Crippen molar-refractivity contribution in [3.8, 4) is 0 Å². The summed E-state index contributed by atoms with van der Waals surface area (Å²) < 4.78 is 6.26. The van der Waals surface area contributed by atoms with E-state index in [0.717, 1.165) is 25.1 Å². The van der Waals surface area contributed by atoms with Crippen LogP contribution in [0.4, 0.5) is 0 Å². The maximum atomic E-state index is 6.26. The fourth-order valence-corrected chi connectivity index (χ4v) is 4.76. The molecule has 0 radical (unpaired) electrons. The lowest BCUT2D eigenvalue weighted by atomic mass is 9.77. The number of hydrogen-bond acceptors (Lipinski definition) is 3. The Bertz CT molecular complexity index is 294. The van der Waals surface area contributed by atoms with Crippen LogP contribution in [0.2, 0.25) is 0 Å². The lowest BCUT2D eigenvalue weighted by Crippen LogP contribution is -2.52. The van der Waals surface area contributed by atoms with Crippen LogP contribution in [0.25, 0.3) is 0 Å². The minimum absolute atomic E-state index is 0.252. The van der Waals surface area contributed by atoms with Gasteiger partial charge in [-0.1, -0.05) is 19.3 Å². The first-order valence-corrected chi connectivity index (χ1v) is 8.89. The molecule has 2 atom stereocenters. The zero-order valence-corrected chi connectivity index (χ0v) is 13.0. The Kier molecular flexibility index (Phi) is 5.00. The quantitative estimate of drug-likeness (QED) is 0.864. The molecule has 3 fully saturated rings. The molecule has 0 aromatic heterocycles. The van der Waals surface area contributed by atoms with Crippen LogP contribution < -0.4 is 5.73 Å². The zero-order valence-electron chi connectivity index (χ0n) is 13.0. The number of rotatable bonds is 3. The second-order valence-electron chi connectivity index (χ2n) is 7.32. The third-order valence-corrected chi connectivity index (χ3v) is 5.87. The molecular weight excluding hydrogens is 248 g/mol. The van der Waals surface area contributed by atoms with Crippen molar-refractivity contribution in [3.05, 3.63) is 0 Å². The van der Waals surface area contributed by atoms with Gasteiger partial charge >= 0.3 is 0 Å². The summed E-state index contributed by atoms with van der Waals surface area (Å²) >= 11 is 0. The van der Waals surface area contributed by atoms with Gasteiger partial charge in [-0.25, -0.2) is 0 Å². The Balaban J connectivity index is 1.58. The molecule has 2 N–H and O–H groups in total. The molecule has 0 aromatic carbocycles. The van der Waals surface area contributed by atoms with E-state index in [4.69, 9.17) is 10.5 Å². The lowest BCUT2D eigenvalue weighted by molar-refractivity contribution is -0.127. The molecule has 2 unspecified atom stereocenters.